The van der Waals surface area contributed by atoms with Crippen molar-refractivity contribution in [2.75, 3.05) is 0 Å². The van der Waals surface area contributed by atoms with Gasteiger partial charge >= 0.3 is 0 Å². The van der Waals surface area contributed by atoms with Gasteiger partial charge in [0.05, 0.1) is 17.0 Å². The number of nitrogens with zero attached hydrogens (tertiary/aromatic N) is 3. The van der Waals surface area contributed by atoms with Gasteiger partial charge in [-0.25, -0.2) is 22.5 Å². The molecule has 1 N–H and O–H groups in total. The molecule has 1 heterocycles. The van der Waals surface area contributed by atoms with Crippen molar-refractivity contribution in [1.29, 1.82) is 5.26 Å². The molecule has 1 aromatic carbocycles. The van der Waals surface area contributed by atoms with Crippen LogP contribution in [0.2, 0.25) is 0 Å². The number of nitrogens with one attached hydrogen (secondary N) is 1. The molecule has 0 saturated carbocycles. The zero-order valence-electron chi connectivity index (χ0n) is 10.5. The monoisotopic (exact) mass is 294 g/mol. The minimum atomic E-state index is -3.82. The van der Waals surface area contributed by atoms with Crippen LogP contribution in [0.3, 0.4) is 0 Å². The number of aryl methyl sites for hydroxylation is 1. The molecule has 0 amide bonds. The highest BCUT2D eigenvalue weighted by molar-refractivity contribution is 7.89. The van der Waals surface area contributed by atoms with Gasteiger partial charge in [0.25, 0.3) is 0 Å². The van der Waals surface area contributed by atoms with Crippen LogP contribution >= 0.6 is 0 Å². The first-order valence-corrected chi connectivity index (χ1v) is 7.08. The maximum absolute atomic E-state index is 13.2. The van der Waals surface area contributed by atoms with Crippen molar-refractivity contribution in [2.24, 2.45) is 7.05 Å². The molecule has 1 aromatic heterocycles. The van der Waals surface area contributed by atoms with E-state index >= 15 is 0 Å². The van der Waals surface area contributed by atoms with Crippen LogP contribution in [-0.4, -0.2) is 18.0 Å². The van der Waals surface area contributed by atoms with Crippen LogP contribution < -0.4 is 4.72 Å². The zero-order valence-corrected chi connectivity index (χ0v) is 11.4. The third-order valence-corrected chi connectivity index (χ3v) is 4.11. The fraction of sp³-hybridized carbons (Fsp3) is 0.167. The number of nitriles is 1. The summed E-state index contributed by atoms with van der Waals surface area (Å²) in [5, 5.41) is 8.71. The zero-order chi connectivity index (χ0) is 14.8. The molecule has 0 unspecified atom stereocenters. The highest BCUT2D eigenvalue weighted by atomic mass is 32.2. The van der Waals surface area contributed by atoms with E-state index in [9.17, 15) is 12.8 Å². The summed E-state index contributed by atoms with van der Waals surface area (Å²) in [6.45, 7) is 0.00506. The fourth-order valence-electron chi connectivity index (χ4n) is 1.57. The second-order valence-electron chi connectivity index (χ2n) is 4.03. The molecule has 20 heavy (non-hydrogen) atoms. The molecule has 2 rings (SSSR count). The second-order valence-corrected chi connectivity index (χ2v) is 5.80. The van der Waals surface area contributed by atoms with Crippen LogP contribution in [-0.2, 0) is 23.6 Å². The normalized spacial score (nSPS) is 11.2. The Hall–Kier alpha value is -2.24. The molecule has 2 aromatic rings. The molecule has 0 fully saturated rings. The number of rotatable bonds is 4. The average Bonchev–Trinajstić information content (AvgIpc) is 2.82. The lowest BCUT2D eigenvalue weighted by Gasteiger charge is -2.07. The van der Waals surface area contributed by atoms with Crippen LogP contribution in [0.15, 0.2) is 35.5 Å². The number of aromatic nitrogens is 2. The number of hydrogen-bond donors (Lipinski definition) is 1. The molecule has 0 aliphatic carbocycles. The minimum Gasteiger partial charge on any atom is -0.337 e. The Kier molecular flexibility index (Phi) is 3.83. The Balaban J connectivity index is 2.23. The Bertz CT molecular complexity index is 777. The van der Waals surface area contributed by atoms with E-state index in [1.807, 2.05) is 0 Å². The lowest BCUT2D eigenvalue weighted by molar-refractivity contribution is 0.576. The lowest BCUT2D eigenvalue weighted by atomic mass is 10.2. The van der Waals surface area contributed by atoms with Crippen molar-refractivity contribution < 1.29 is 12.8 Å². The van der Waals surface area contributed by atoms with Crippen molar-refractivity contribution in [2.45, 2.75) is 11.4 Å². The number of halogens is 1. The van der Waals surface area contributed by atoms with E-state index in [1.54, 1.807) is 30.1 Å². The Morgan fingerprint density at radius 2 is 2.25 bits per heavy atom. The summed E-state index contributed by atoms with van der Waals surface area (Å²) in [7, 11) is -2.09. The predicted molar refractivity (Wildman–Crippen MR) is 68.3 cm³/mol. The molecule has 6 nitrogen and oxygen atoms in total. The largest absolute Gasteiger partial charge is 0.337 e. The van der Waals surface area contributed by atoms with Crippen molar-refractivity contribution >= 4 is 10.0 Å². The Labute approximate surface area is 115 Å². The molecule has 0 spiro atoms. The molecule has 0 bridgehead atoms. The third-order valence-electron chi connectivity index (χ3n) is 2.71. The van der Waals surface area contributed by atoms with Gasteiger partial charge in [-0.15, -0.1) is 0 Å². The first-order chi connectivity index (χ1) is 9.44. The molecule has 0 atom stereocenters. The highest BCUT2D eigenvalue weighted by Crippen LogP contribution is 2.14. The highest BCUT2D eigenvalue weighted by Gasteiger charge is 2.16. The first kappa shape index (κ1) is 14.2. The van der Waals surface area contributed by atoms with Crippen molar-refractivity contribution in [3.63, 3.8) is 0 Å². The minimum absolute atomic E-state index is 0.00506. The molecule has 0 radical (unpaired) electrons. The molecule has 0 aliphatic rings. The van der Waals surface area contributed by atoms with Crippen molar-refractivity contribution in [3.05, 3.63) is 47.8 Å². The van der Waals surface area contributed by atoms with Gasteiger partial charge in [0.2, 0.25) is 10.0 Å². The van der Waals surface area contributed by atoms with Gasteiger partial charge in [0, 0.05) is 19.4 Å². The first-order valence-electron chi connectivity index (χ1n) is 5.59. The Morgan fingerprint density at radius 1 is 1.50 bits per heavy atom. The van der Waals surface area contributed by atoms with Crippen LogP contribution in [0.1, 0.15) is 11.4 Å². The predicted octanol–water partition coefficient (Wildman–Crippen LogP) is 0.909. The van der Waals surface area contributed by atoms with Gasteiger partial charge < -0.3 is 4.57 Å². The van der Waals surface area contributed by atoms with E-state index in [2.05, 4.69) is 9.71 Å². The molecule has 104 valence electrons. The second kappa shape index (κ2) is 5.40. The van der Waals surface area contributed by atoms with E-state index in [0.717, 1.165) is 18.2 Å². The quantitative estimate of drug-likeness (QED) is 0.908. The SMILES string of the molecule is Cn1ccnc1CNS(=O)(=O)c1ccc(F)c(C#N)c1. The van der Waals surface area contributed by atoms with Crippen LogP contribution in [0.5, 0.6) is 0 Å². The molecule has 0 saturated heterocycles. The third kappa shape index (κ3) is 2.84. The van der Waals surface area contributed by atoms with Gasteiger partial charge in [-0.05, 0) is 18.2 Å². The van der Waals surface area contributed by atoms with Gasteiger partial charge in [-0.1, -0.05) is 0 Å². The molecular weight excluding hydrogens is 283 g/mol. The fourth-order valence-corrected chi connectivity index (χ4v) is 2.57. The topological polar surface area (TPSA) is 87.8 Å². The van der Waals surface area contributed by atoms with Gasteiger partial charge in [-0.2, -0.15) is 5.26 Å². The van der Waals surface area contributed by atoms with E-state index in [1.165, 1.54) is 0 Å². The van der Waals surface area contributed by atoms with Crippen LogP contribution in [0.4, 0.5) is 4.39 Å². The Morgan fingerprint density at radius 3 is 2.85 bits per heavy atom. The van der Waals surface area contributed by atoms with Crippen LogP contribution in [0.25, 0.3) is 0 Å². The lowest BCUT2D eigenvalue weighted by Crippen LogP contribution is -2.24. The number of imidazole rings is 1. The maximum Gasteiger partial charge on any atom is 0.241 e. The number of hydrogen-bond acceptors (Lipinski definition) is 4. The summed E-state index contributed by atoms with van der Waals surface area (Å²) in [6.07, 6.45) is 3.24. The van der Waals surface area contributed by atoms with Crippen LogP contribution in [0, 0.1) is 17.1 Å². The van der Waals surface area contributed by atoms with Gasteiger partial charge in [0.15, 0.2) is 0 Å². The van der Waals surface area contributed by atoms with E-state index < -0.39 is 15.8 Å². The molecule has 0 aliphatic heterocycles. The summed E-state index contributed by atoms with van der Waals surface area (Å²) < 4.78 is 41.3. The number of benzene rings is 1. The van der Waals surface area contributed by atoms with E-state index in [-0.39, 0.29) is 17.0 Å². The van der Waals surface area contributed by atoms with E-state index in [4.69, 9.17) is 5.26 Å². The number of sulfonamides is 1. The van der Waals surface area contributed by atoms with Gasteiger partial charge in [0.1, 0.15) is 17.7 Å². The molecule has 8 heteroatoms. The summed E-state index contributed by atoms with van der Waals surface area (Å²) in [5.74, 6) is -0.216. The van der Waals surface area contributed by atoms with Crippen molar-refractivity contribution in [3.8, 4) is 6.07 Å². The van der Waals surface area contributed by atoms with Gasteiger partial charge in [-0.3, -0.25) is 0 Å². The summed E-state index contributed by atoms with van der Waals surface area (Å²) in [5.41, 5.74) is -0.315. The summed E-state index contributed by atoms with van der Waals surface area (Å²) >= 11 is 0. The standard InChI is InChI=1S/C12H11FN4O2S/c1-17-5-4-15-12(17)8-16-20(18,19)10-2-3-11(13)9(6-10)7-14/h2-6,16H,8H2,1H3. The van der Waals surface area contributed by atoms with Crippen molar-refractivity contribution in [1.82, 2.24) is 14.3 Å². The smallest absolute Gasteiger partial charge is 0.241 e. The maximum atomic E-state index is 13.2. The molecular formula is C12H11FN4O2S. The summed E-state index contributed by atoms with van der Waals surface area (Å²) in [6, 6.07) is 4.66. The average molecular weight is 294 g/mol. The van der Waals surface area contributed by atoms with E-state index in [0.29, 0.717) is 5.82 Å². The summed E-state index contributed by atoms with van der Waals surface area (Å²) in [4.78, 5) is 3.82.